The van der Waals surface area contributed by atoms with Crippen LogP contribution in [0.1, 0.15) is 24.5 Å². The summed E-state index contributed by atoms with van der Waals surface area (Å²) in [4.78, 5) is 4.24. The maximum absolute atomic E-state index is 12.2. The van der Waals surface area contributed by atoms with Crippen molar-refractivity contribution >= 4 is 0 Å². The van der Waals surface area contributed by atoms with Gasteiger partial charge >= 0.3 is 6.61 Å². The predicted molar refractivity (Wildman–Crippen MR) is 75.0 cm³/mol. The fourth-order valence-electron chi connectivity index (χ4n) is 2.73. The molecule has 0 saturated carbocycles. The summed E-state index contributed by atoms with van der Waals surface area (Å²) in [6.45, 7) is -0.775. The molecule has 0 aliphatic carbocycles. The standard InChI is InChI=1S/C15H17F2N3O/c16-15(17)21-13-3-1-12(2-4-13)20-10-19-9-14(20)11-5-7-18-8-6-11/h1-4,9-11,15,18H,5-8H2. The second-order valence-corrected chi connectivity index (χ2v) is 5.09. The number of aromatic nitrogens is 2. The predicted octanol–water partition coefficient (Wildman–Crippen LogP) is 2.94. The van der Waals surface area contributed by atoms with Gasteiger partial charge in [-0.05, 0) is 50.2 Å². The summed E-state index contributed by atoms with van der Waals surface area (Å²) in [7, 11) is 0. The van der Waals surface area contributed by atoms with Crippen molar-refractivity contribution in [3.63, 3.8) is 0 Å². The number of piperidine rings is 1. The molecule has 6 heteroatoms. The molecular formula is C15H17F2N3O. The second kappa shape index (κ2) is 6.22. The van der Waals surface area contributed by atoms with Gasteiger partial charge in [0.25, 0.3) is 0 Å². The summed E-state index contributed by atoms with van der Waals surface area (Å²) in [5, 5.41) is 3.34. The van der Waals surface area contributed by atoms with E-state index in [1.54, 1.807) is 30.6 Å². The Labute approximate surface area is 121 Å². The van der Waals surface area contributed by atoms with E-state index >= 15 is 0 Å². The van der Waals surface area contributed by atoms with Gasteiger partial charge in [0, 0.05) is 23.5 Å². The van der Waals surface area contributed by atoms with Gasteiger partial charge in [0.15, 0.2) is 0 Å². The van der Waals surface area contributed by atoms with Crippen LogP contribution in [-0.4, -0.2) is 29.3 Å². The lowest BCUT2D eigenvalue weighted by molar-refractivity contribution is -0.0498. The Morgan fingerprint density at radius 2 is 1.90 bits per heavy atom. The highest BCUT2D eigenvalue weighted by Gasteiger charge is 2.19. The zero-order chi connectivity index (χ0) is 14.7. The topological polar surface area (TPSA) is 39.1 Å². The van der Waals surface area contributed by atoms with Gasteiger partial charge in [0.05, 0.1) is 6.33 Å². The SMILES string of the molecule is FC(F)Oc1ccc(-n2cncc2C2CCNCC2)cc1. The zero-order valence-corrected chi connectivity index (χ0v) is 11.5. The molecule has 0 amide bonds. The van der Waals surface area contributed by atoms with Crippen LogP contribution in [-0.2, 0) is 0 Å². The maximum Gasteiger partial charge on any atom is 0.387 e. The summed E-state index contributed by atoms with van der Waals surface area (Å²) < 4.78 is 30.7. The summed E-state index contributed by atoms with van der Waals surface area (Å²) >= 11 is 0. The third kappa shape index (κ3) is 3.21. The molecule has 0 atom stereocenters. The normalized spacial score (nSPS) is 16.3. The summed E-state index contributed by atoms with van der Waals surface area (Å²) in [5.74, 6) is 0.642. The number of ether oxygens (including phenoxy) is 1. The van der Waals surface area contributed by atoms with E-state index in [1.165, 1.54) is 5.69 Å². The van der Waals surface area contributed by atoms with Gasteiger partial charge in [-0.25, -0.2) is 4.98 Å². The van der Waals surface area contributed by atoms with Crippen molar-refractivity contribution in [2.24, 2.45) is 0 Å². The highest BCUT2D eigenvalue weighted by atomic mass is 19.3. The average molecular weight is 293 g/mol. The number of nitrogens with zero attached hydrogens (tertiary/aromatic N) is 2. The van der Waals surface area contributed by atoms with Gasteiger partial charge in [-0.1, -0.05) is 0 Å². The highest BCUT2D eigenvalue weighted by Crippen LogP contribution is 2.27. The van der Waals surface area contributed by atoms with Crippen LogP contribution in [0.4, 0.5) is 8.78 Å². The molecule has 0 bridgehead atoms. The van der Waals surface area contributed by atoms with Crippen LogP contribution in [0.15, 0.2) is 36.8 Å². The summed E-state index contributed by atoms with van der Waals surface area (Å²) in [5.41, 5.74) is 2.07. The van der Waals surface area contributed by atoms with Gasteiger partial charge < -0.3 is 14.6 Å². The molecule has 1 N–H and O–H groups in total. The molecule has 1 fully saturated rings. The van der Waals surface area contributed by atoms with Crippen LogP contribution in [0.25, 0.3) is 5.69 Å². The first-order valence-electron chi connectivity index (χ1n) is 7.02. The zero-order valence-electron chi connectivity index (χ0n) is 11.5. The average Bonchev–Trinajstić information content (AvgIpc) is 2.98. The van der Waals surface area contributed by atoms with E-state index in [2.05, 4.69) is 15.0 Å². The van der Waals surface area contributed by atoms with Crippen molar-refractivity contribution < 1.29 is 13.5 Å². The fraction of sp³-hybridized carbons (Fsp3) is 0.400. The molecule has 1 saturated heterocycles. The highest BCUT2D eigenvalue weighted by molar-refractivity contribution is 5.39. The molecule has 1 aliphatic rings. The minimum Gasteiger partial charge on any atom is -0.435 e. The molecule has 21 heavy (non-hydrogen) atoms. The van der Waals surface area contributed by atoms with Crippen LogP contribution >= 0.6 is 0 Å². The lowest BCUT2D eigenvalue weighted by Gasteiger charge is -2.23. The van der Waals surface area contributed by atoms with Crippen LogP contribution < -0.4 is 10.1 Å². The largest absolute Gasteiger partial charge is 0.435 e. The molecule has 1 aromatic heterocycles. The molecule has 2 aromatic rings. The van der Waals surface area contributed by atoms with Crippen molar-refractivity contribution in [1.29, 1.82) is 0 Å². The molecular weight excluding hydrogens is 276 g/mol. The number of halogens is 2. The number of hydrogen-bond acceptors (Lipinski definition) is 3. The van der Waals surface area contributed by atoms with E-state index in [0.717, 1.165) is 31.6 Å². The minimum atomic E-state index is -2.80. The van der Waals surface area contributed by atoms with E-state index in [9.17, 15) is 8.78 Å². The molecule has 4 nitrogen and oxygen atoms in total. The lowest BCUT2D eigenvalue weighted by atomic mass is 9.95. The van der Waals surface area contributed by atoms with E-state index in [1.807, 2.05) is 10.8 Å². The molecule has 0 unspecified atom stereocenters. The van der Waals surface area contributed by atoms with E-state index in [0.29, 0.717) is 5.92 Å². The molecule has 3 rings (SSSR count). The molecule has 0 spiro atoms. The van der Waals surface area contributed by atoms with Gasteiger partial charge in [0.2, 0.25) is 0 Å². The first-order valence-corrected chi connectivity index (χ1v) is 7.02. The van der Waals surface area contributed by atoms with Crippen LogP contribution in [0.2, 0.25) is 0 Å². The number of rotatable bonds is 4. The van der Waals surface area contributed by atoms with Crippen molar-refractivity contribution in [3.05, 3.63) is 42.5 Å². The van der Waals surface area contributed by atoms with Gasteiger partial charge in [0.1, 0.15) is 5.75 Å². The monoisotopic (exact) mass is 293 g/mol. The first-order chi connectivity index (χ1) is 10.2. The van der Waals surface area contributed by atoms with Crippen molar-refractivity contribution in [2.45, 2.75) is 25.4 Å². The van der Waals surface area contributed by atoms with Crippen molar-refractivity contribution in [3.8, 4) is 11.4 Å². The Bertz CT molecular complexity index is 577. The Hall–Kier alpha value is -1.95. The number of hydrogen-bond donors (Lipinski definition) is 1. The third-order valence-electron chi connectivity index (χ3n) is 3.76. The lowest BCUT2D eigenvalue weighted by Crippen LogP contribution is -2.27. The second-order valence-electron chi connectivity index (χ2n) is 5.09. The summed E-state index contributed by atoms with van der Waals surface area (Å²) in [6, 6.07) is 6.63. The molecule has 1 aromatic carbocycles. The minimum absolute atomic E-state index is 0.164. The maximum atomic E-state index is 12.2. The molecule has 2 heterocycles. The van der Waals surface area contributed by atoms with E-state index in [4.69, 9.17) is 0 Å². The first kappa shape index (κ1) is 14.0. The Morgan fingerprint density at radius 1 is 1.19 bits per heavy atom. The van der Waals surface area contributed by atoms with Crippen LogP contribution in [0, 0.1) is 0 Å². The number of imidazole rings is 1. The smallest absolute Gasteiger partial charge is 0.387 e. The van der Waals surface area contributed by atoms with Crippen molar-refractivity contribution in [1.82, 2.24) is 14.9 Å². The summed E-state index contributed by atoms with van der Waals surface area (Å²) in [6.07, 6.45) is 5.82. The Morgan fingerprint density at radius 3 is 2.57 bits per heavy atom. The van der Waals surface area contributed by atoms with E-state index < -0.39 is 6.61 Å². The van der Waals surface area contributed by atoms with Crippen LogP contribution in [0.3, 0.4) is 0 Å². The fourth-order valence-corrected chi connectivity index (χ4v) is 2.73. The number of alkyl halides is 2. The molecule has 112 valence electrons. The van der Waals surface area contributed by atoms with Gasteiger partial charge in [-0.2, -0.15) is 8.78 Å². The third-order valence-corrected chi connectivity index (χ3v) is 3.76. The van der Waals surface area contributed by atoms with Crippen molar-refractivity contribution in [2.75, 3.05) is 13.1 Å². The number of nitrogens with one attached hydrogen (secondary N) is 1. The van der Waals surface area contributed by atoms with Gasteiger partial charge in [-0.3, -0.25) is 0 Å². The van der Waals surface area contributed by atoms with Crippen LogP contribution in [0.5, 0.6) is 5.75 Å². The van der Waals surface area contributed by atoms with Gasteiger partial charge in [-0.15, -0.1) is 0 Å². The molecule has 1 aliphatic heterocycles. The quantitative estimate of drug-likeness (QED) is 0.942. The Balaban J connectivity index is 1.82. The molecule has 0 radical (unpaired) electrons. The van der Waals surface area contributed by atoms with E-state index in [-0.39, 0.29) is 5.75 Å². The number of benzene rings is 1. The Kier molecular flexibility index (Phi) is 4.15.